The molecule has 4 rings (SSSR count). The largest absolute Gasteiger partial charge is 0.342 e. The van der Waals surface area contributed by atoms with Crippen molar-refractivity contribution in [3.05, 3.63) is 35.5 Å². The number of hydrogen-bond acceptors (Lipinski definition) is 6. The third-order valence-corrected chi connectivity index (χ3v) is 4.86. The Morgan fingerprint density at radius 2 is 2.33 bits per heavy atom. The molecule has 0 aliphatic carbocycles. The van der Waals surface area contributed by atoms with Crippen LogP contribution >= 0.6 is 0 Å². The van der Waals surface area contributed by atoms with Gasteiger partial charge in [0.2, 0.25) is 5.91 Å². The normalized spacial score (nSPS) is 18.1. The molecule has 0 radical (unpaired) electrons. The number of benzene rings is 1. The molecule has 9 heteroatoms. The van der Waals surface area contributed by atoms with E-state index in [0.29, 0.717) is 29.5 Å². The fourth-order valence-corrected chi connectivity index (χ4v) is 3.59. The summed E-state index contributed by atoms with van der Waals surface area (Å²) >= 11 is 0. The second-order valence-corrected chi connectivity index (χ2v) is 7.04. The van der Waals surface area contributed by atoms with Crippen LogP contribution in [0.4, 0.5) is 10.2 Å². The van der Waals surface area contributed by atoms with Gasteiger partial charge in [-0.2, -0.15) is 0 Å². The summed E-state index contributed by atoms with van der Waals surface area (Å²) in [5.41, 5.74) is 2.05. The Kier molecular flexibility index (Phi) is 4.85. The molecule has 1 aliphatic heterocycles. The summed E-state index contributed by atoms with van der Waals surface area (Å²) in [6.07, 6.45) is 2.88. The standard InChI is InChI=1S/C18H21FN6O2/c1-11-18(24-27-23-11)22-17(26)10-25-6-2-3-12(9-25)7-16-20-14-5-4-13(19)8-15(14)21-16/h4-5,8,12H,2-3,6-7,9-10H2,1H3,(H,20,21)(H,22,24,26)/t12-/m0/s1. The molecular formula is C18H21FN6O2. The average molecular weight is 372 g/mol. The maximum Gasteiger partial charge on any atom is 0.239 e. The van der Waals surface area contributed by atoms with E-state index >= 15 is 0 Å². The molecule has 0 unspecified atom stereocenters. The fourth-order valence-electron chi connectivity index (χ4n) is 3.59. The average Bonchev–Trinajstić information content (AvgIpc) is 3.20. The molecule has 0 saturated carbocycles. The Morgan fingerprint density at radius 3 is 3.15 bits per heavy atom. The van der Waals surface area contributed by atoms with E-state index in [2.05, 4.69) is 35.1 Å². The number of imidazole rings is 1. The number of piperidine rings is 1. The molecule has 27 heavy (non-hydrogen) atoms. The number of carbonyl (C=O) groups is 1. The number of halogens is 1. The first kappa shape index (κ1) is 17.6. The SMILES string of the molecule is Cc1nonc1NC(=O)CN1CCC[C@@H](Cc2nc3ccc(F)cc3[nH]2)C1. The first-order chi connectivity index (χ1) is 13.1. The second kappa shape index (κ2) is 7.43. The molecular weight excluding hydrogens is 351 g/mol. The monoisotopic (exact) mass is 372 g/mol. The van der Waals surface area contributed by atoms with Gasteiger partial charge in [0, 0.05) is 13.0 Å². The molecule has 3 heterocycles. The first-order valence-electron chi connectivity index (χ1n) is 9.02. The molecule has 2 aromatic heterocycles. The van der Waals surface area contributed by atoms with E-state index in [1.165, 1.54) is 12.1 Å². The van der Waals surface area contributed by atoms with Crippen LogP contribution in [0.5, 0.6) is 0 Å². The topological polar surface area (TPSA) is 99.9 Å². The molecule has 2 N–H and O–H groups in total. The van der Waals surface area contributed by atoms with Crippen LogP contribution < -0.4 is 5.32 Å². The quantitative estimate of drug-likeness (QED) is 0.713. The van der Waals surface area contributed by atoms with Gasteiger partial charge in [-0.3, -0.25) is 9.69 Å². The number of nitrogens with zero attached hydrogens (tertiary/aromatic N) is 4. The summed E-state index contributed by atoms with van der Waals surface area (Å²) in [5, 5.41) is 10.0. The van der Waals surface area contributed by atoms with Crippen molar-refractivity contribution in [2.75, 3.05) is 25.0 Å². The molecule has 8 nitrogen and oxygen atoms in total. The van der Waals surface area contributed by atoms with Crippen molar-refractivity contribution in [3.63, 3.8) is 0 Å². The number of nitrogens with one attached hydrogen (secondary N) is 2. The zero-order valence-corrected chi connectivity index (χ0v) is 15.0. The van der Waals surface area contributed by atoms with Crippen molar-refractivity contribution >= 4 is 22.8 Å². The van der Waals surface area contributed by atoms with Gasteiger partial charge in [-0.1, -0.05) is 5.16 Å². The summed E-state index contributed by atoms with van der Waals surface area (Å²) in [6, 6.07) is 4.56. The number of hydrogen-bond donors (Lipinski definition) is 2. The Bertz CT molecular complexity index is 952. The number of H-pyrrole nitrogens is 1. The van der Waals surface area contributed by atoms with E-state index in [4.69, 9.17) is 0 Å². The van der Waals surface area contributed by atoms with Gasteiger partial charge in [0.25, 0.3) is 0 Å². The Morgan fingerprint density at radius 1 is 1.44 bits per heavy atom. The summed E-state index contributed by atoms with van der Waals surface area (Å²) in [7, 11) is 0. The molecule has 1 saturated heterocycles. The Labute approximate surface area is 155 Å². The predicted molar refractivity (Wildman–Crippen MR) is 96.6 cm³/mol. The van der Waals surface area contributed by atoms with Crippen molar-refractivity contribution in [2.24, 2.45) is 5.92 Å². The van der Waals surface area contributed by atoms with Crippen LogP contribution in [0.25, 0.3) is 11.0 Å². The summed E-state index contributed by atoms with van der Waals surface area (Å²) in [6.45, 7) is 3.72. The molecule has 1 aliphatic rings. The fraction of sp³-hybridized carbons (Fsp3) is 0.444. The highest BCUT2D eigenvalue weighted by Gasteiger charge is 2.23. The van der Waals surface area contributed by atoms with Gasteiger partial charge in [0.1, 0.15) is 17.3 Å². The van der Waals surface area contributed by atoms with Crippen molar-refractivity contribution < 1.29 is 13.8 Å². The number of aromatic amines is 1. The summed E-state index contributed by atoms with van der Waals surface area (Å²) in [4.78, 5) is 22.1. The number of rotatable bonds is 5. The van der Waals surface area contributed by atoms with Crippen molar-refractivity contribution in [2.45, 2.75) is 26.2 Å². The maximum absolute atomic E-state index is 13.3. The zero-order chi connectivity index (χ0) is 18.8. The molecule has 3 aromatic rings. The van der Waals surface area contributed by atoms with Gasteiger partial charge in [0.05, 0.1) is 17.6 Å². The van der Waals surface area contributed by atoms with E-state index in [9.17, 15) is 9.18 Å². The van der Waals surface area contributed by atoms with E-state index in [1.54, 1.807) is 13.0 Å². The van der Waals surface area contributed by atoms with Crippen LogP contribution in [0.2, 0.25) is 0 Å². The minimum atomic E-state index is -0.273. The Balaban J connectivity index is 1.34. The lowest BCUT2D eigenvalue weighted by atomic mass is 9.94. The van der Waals surface area contributed by atoms with Gasteiger partial charge < -0.3 is 10.3 Å². The predicted octanol–water partition coefficient (Wildman–Crippen LogP) is 2.29. The smallest absolute Gasteiger partial charge is 0.239 e. The molecule has 0 bridgehead atoms. The van der Waals surface area contributed by atoms with Gasteiger partial charge in [-0.25, -0.2) is 14.0 Å². The van der Waals surface area contributed by atoms with Crippen molar-refractivity contribution in [1.29, 1.82) is 0 Å². The highest BCUT2D eigenvalue weighted by Crippen LogP contribution is 2.22. The van der Waals surface area contributed by atoms with Gasteiger partial charge in [-0.05, 0) is 55.6 Å². The number of likely N-dealkylation sites (tertiary alicyclic amines) is 1. The molecule has 1 aromatic carbocycles. The van der Waals surface area contributed by atoms with Crippen LogP contribution in [-0.4, -0.2) is 50.7 Å². The minimum Gasteiger partial charge on any atom is -0.342 e. The van der Waals surface area contributed by atoms with E-state index in [0.717, 1.165) is 43.7 Å². The second-order valence-electron chi connectivity index (χ2n) is 7.04. The van der Waals surface area contributed by atoms with E-state index < -0.39 is 0 Å². The highest BCUT2D eigenvalue weighted by atomic mass is 19.1. The van der Waals surface area contributed by atoms with Gasteiger partial charge in [0.15, 0.2) is 5.82 Å². The molecule has 0 spiro atoms. The third-order valence-electron chi connectivity index (χ3n) is 4.86. The first-order valence-corrected chi connectivity index (χ1v) is 9.02. The van der Waals surface area contributed by atoms with Crippen LogP contribution in [0.1, 0.15) is 24.4 Å². The van der Waals surface area contributed by atoms with Crippen molar-refractivity contribution in [1.82, 2.24) is 25.2 Å². The van der Waals surface area contributed by atoms with Crippen LogP contribution in [-0.2, 0) is 11.2 Å². The summed E-state index contributed by atoms with van der Waals surface area (Å²) < 4.78 is 17.9. The summed E-state index contributed by atoms with van der Waals surface area (Å²) in [5.74, 6) is 1.21. The van der Waals surface area contributed by atoms with Gasteiger partial charge in [-0.15, -0.1) is 0 Å². The molecule has 1 atom stereocenters. The third kappa shape index (κ3) is 4.13. The highest BCUT2D eigenvalue weighted by molar-refractivity contribution is 5.91. The molecule has 1 amide bonds. The number of fused-ring (bicyclic) bond motifs is 1. The molecule has 1 fully saturated rings. The Hall–Kier alpha value is -2.81. The molecule has 142 valence electrons. The lowest BCUT2D eigenvalue weighted by Gasteiger charge is -2.31. The van der Waals surface area contributed by atoms with Gasteiger partial charge >= 0.3 is 0 Å². The zero-order valence-electron chi connectivity index (χ0n) is 15.0. The lowest BCUT2D eigenvalue weighted by Crippen LogP contribution is -2.41. The minimum absolute atomic E-state index is 0.131. The number of anilines is 1. The number of carbonyl (C=O) groups excluding carboxylic acids is 1. The van der Waals surface area contributed by atoms with Crippen molar-refractivity contribution in [3.8, 4) is 0 Å². The number of amides is 1. The van der Waals surface area contributed by atoms with Crippen LogP contribution in [0, 0.1) is 18.7 Å². The number of aromatic nitrogens is 4. The maximum atomic E-state index is 13.3. The van der Waals surface area contributed by atoms with Crippen LogP contribution in [0.15, 0.2) is 22.8 Å². The number of aryl methyl sites for hydroxylation is 1. The van der Waals surface area contributed by atoms with E-state index in [1.807, 2.05) is 0 Å². The van der Waals surface area contributed by atoms with Crippen LogP contribution in [0.3, 0.4) is 0 Å². The van der Waals surface area contributed by atoms with E-state index in [-0.39, 0.29) is 11.7 Å². The lowest BCUT2D eigenvalue weighted by molar-refractivity contribution is -0.117.